The number of imidazole rings is 1. The molecule has 7 heteroatoms. The van der Waals surface area contributed by atoms with Gasteiger partial charge in [-0.25, -0.2) is 18.1 Å². The number of aryl methyl sites for hydroxylation is 2. The van der Waals surface area contributed by atoms with Crippen LogP contribution in [0.4, 0.5) is 0 Å². The molecular weight excluding hydrogens is 294 g/mol. The van der Waals surface area contributed by atoms with Crippen LogP contribution in [0.5, 0.6) is 0 Å². The van der Waals surface area contributed by atoms with E-state index in [1.807, 2.05) is 6.92 Å². The van der Waals surface area contributed by atoms with Crippen molar-refractivity contribution >= 4 is 26.0 Å². The highest BCUT2D eigenvalue weighted by Gasteiger charge is 2.18. The van der Waals surface area contributed by atoms with E-state index in [9.17, 15) is 8.42 Å². The maximum atomic E-state index is 11.8. The quantitative estimate of drug-likeness (QED) is 0.831. The monoisotopic (exact) mass is 309 g/mol. The molecule has 1 aromatic heterocycles. The van der Waals surface area contributed by atoms with Gasteiger partial charge in [-0.1, -0.05) is 22.9 Å². The van der Waals surface area contributed by atoms with Crippen molar-refractivity contribution in [3.05, 3.63) is 12.0 Å². The first-order valence-corrected chi connectivity index (χ1v) is 7.40. The molecule has 0 aliphatic heterocycles. The first-order chi connectivity index (χ1) is 7.36. The number of nitrogens with one attached hydrogen (secondary N) is 1. The number of nitrogens with zero attached hydrogens (tertiary/aromatic N) is 2. The lowest BCUT2D eigenvalue weighted by molar-refractivity contribution is 0.576. The van der Waals surface area contributed by atoms with Crippen molar-refractivity contribution < 1.29 is 8.42 Å². The Balaban J connectivity index is 2.78. The first-order valence-electron chi connectivity index (χ1n) is 5.00. The molecule has 1 heterocycles. The molecule has 0 fully saturated rings. The van der Waals surface area contributed by atoms with Gasteiger partial charge in [0.25, 0.3) is 10.0 Å². The fraction of sp³-hybridized carbons (Fsp3) is 0.667. The van der Waals surface area contributed by atoms with Crippen molar-refractivity contribution in [3.8, 4) is 0 Å². The van der Waals surface area contributed by atoms with Gasteiger partial charge in [-0.2, -0.15) is 0 Å². The molecule has 16 heavy (non-hydrogen) atoms. The van der Waals surface area contributed by atoms with Crippen molar-refractivity contribution in [2.24, 2.45) is 7.05 Å². The molecule has 1 aromatic rings. The van der Waals surface area contributed by atoms with Crippen LogP contribution in [0, 0.1) is 6.92 Å². The van der Waals surface area contributed by atoms with Crippen molar-refractivity contribution in [2.75, 3.05) is 6.54 Å². The summed E-state index contributed by atoms with van der Waals surface area (Å²) in [5, 5.41) is 0.0725. The van der Waals surface area contributed by atoms with E-state index < -0.39 is 10.0 Å². The lowest BCUT2D eigenvalue weighted by Crippen LogP contribution is -2.29. The van der Waals surface area contributed by atoms with Gasteiger partial charge in [0.15, 0.2) is 5.03 Å². The third-order valence-corrected chi connectivity index (χ3v) is 4.56. The second-order valence-corrected chi connectivity index (χ2v) is 6.60. The maximum Gasteiger partial charge on any atom is 0.259 e. The predicted octanol–water partition coefficient (Wildman–Crippen LogP) is 1.18. The van der Waals surface area contributed by atoms with E-state index >= 15 is 0 Å². The van der Waals surface area contributed by atoms with E-state index in [1.165, 1.54) is 6.20 Å². The van der Waals surface area contributed by atoms with Crippen LogP contribution >= 0.6 is 15.9 Å². The highest BCUT2D eigenvalue weighted by Crippen LogP contribution is 2.09. The van der Waals surface area contributed by atoms with Crippen molar-refractivity contribution in [3.63, 3.8) is 0 Å². The van der Waals surface area contributed by atoms with E-state index in [0.717, 1.165) is 6.42 Å². The summed E-state index contributed by atoms with van der Waals surface area (Å²) in [5.74, 6) is 0.672. The first kappa shape index (κ1) is 13.7. The summed E-state index contributed by atoms with van der Waals surface area (Å²) in [6.45, 7) is 4.12. The molecule has 0 aliphatic carbocycles. The van der Waals surface area contributed by atoms with E-state index in [2.05, 4.69) is 25.6 Å². The molecule has 0 aromatic carbocycles. The number of aromatic nitrogens is 2. The molecule has 0 radical (unpaired) electrons. The number of rotatable bonds is 5. The van der Waals surface area contributed by atoms with Gasteiger partial charge < -0.3 is 4.57 Å². The van der Waals surface area contributed by atoms with Gasteiger partial charge in [-0.3, -0.25) is 0 Å². The van der Waals surface area contributed by atoms with Gasteiger partial charge in [0.1, 0.15) is 5.82 Å². The van der Waals surface area contributed by atoms with Crippen LogP contribution in [-0.4, -0.2) is 29.3 Å². The second kappa shape index (κ2) is 5.29. The summed E-state index contributed by atoms with van der Waals surface area (Å²) in [6.07, 6.45) is 2.37. The summed E-state index contributed by atoms with van der Waals surface area (Å²) in [5.41, 5.74) is 0. The van der Waals surface area contributed by atoms with Crippen molar-refractivity contribution in [2.45, 2.75) is 30.1 Å². The second-order valence-electron chi connectivity index (χ2n) is 3.59. The zero-order valence-corrected chi connectivity index (χ0v) is 12.0. The van der Waals surface area contributed by atoms with Crippen LogP contribution in [0.15, 0.2) is 11.2 Å². The zero-order chi connectivity index (χ0) is 12.3. The number of alkyl halides is 1. The summed E-state index contributed by atoms with van der Waals surface area (Å²) in [7, 11) is -1.71. The fourth-order valence-electron chi connectivity index (χ4n) is 1.07. The van der Waals surface area contributed by atoms with Gasteiger partial charge in [0.2, 0.25) is 0 Å². The molecular formula is C9H16BrN3O2S. The molecule has 0 spiro atoms. The zero-order valence-electron chi connectivity index (χ0n) is 9.57. The molecule has 0 amide bonds. The third-order valence-electron chi connectivity index (χ3n) is 2.30. The molecule has 0 bridgehead atoms. The minimum Gasteiger partial charge on any atom is -0.337 e. The van der Waals surface area contributed by atoms with Crippen LogP contribution in [0.2, 0.25) is 0 Å². The molecule has 0 saturated carbocycles. The Morgan fingerprint density at radius 1 is 1.62 bits per heavy atom. The average Bonchev–Trinajstić information content (AvgIpc) is 2.56. The summed E-state index contributed by atoms with van der Waals surface area (Å²) < 4.78 is 27.8. The predicted molar refractivity (Wildman–Crippen MR) is 66.1 cm³/mol. The average molecular weight is 310 g/mol. The maximum absolute atomic E-state index is 11.8. The summed E-state index contributed by atoms with van der Waals surface area (Å²) in [4.78, 5) is 4.13. The number of halogens is 1. The standard InChI is InChI=1S/C9H16BrN3O2S/c1-4-8(10)5-11-16(14,15)9-6-13(3)7(2)12-9/h6,8,11H,4-5H2,1-3H3. The molecule has 92 valence electrons. The molecule has 1 N–H and O–H groups in total. The van der Waals surface area contributed by atoms with Gasteiger partial charge in [-0.05, 0) is 13.3 Å². The number of sulfonamides is 1. The van der Waals surface area contributed by atoms with Gasteiger partial charge in [0, 0.05) is 24.6 Å². The number of hydrogen-bond donors (Lipinski definition) is 1. The fourth-order valence-corrected chi connectivity index (χ4v) is 2.57. The van der Waals surface area contributed by atoms with E-state index in [4.69, 9.17) is 0 Å². The van der Waals surface area contributed by atoms with Crippen LogP contribution in [0.3, 0.4) is 0 Å². The van der Waals surface area contributed by atoms with Gasteiger partial charge >= 0.3 is 0 Å². The van der Waals surface area contributed by atoms with Crippen LogP contribution in [-0.2, 0) is 17.1 Å². The molecule has 1 unspecified atom stereocenters. The van der Waals surface area contributed by atoms with Crippen molar-refractivity contribution in [1.82, 2.24) is 14.3 Å². The lowest BCUT2D eigenvalue weighted by Gasteiger charge is -2.07. The Kier molecular flexibility index (Phi) is 4.52. The third kappa shape index (κ3) is 3.29. The van der Waals surface area contributed by atoms with Crippen molar-refractivity contribution in [1.29, 1.82) is 0 Å². The van der Waals surface area contributed by atoms with Crippen LogP contribution in [0.25, 0.3) is 0 Å². The topological polar surface area (TPSA) is 64.0 Å². The minimum atomic E-state index is -3.48. The number of hydrogen-bond acceptors (Lipinski definition) is 3. The van der Waals surface area contributed by atoms with Gasteiger partial charge in [0.05, 0.1) is 0 Å². The lowest BCUT2D eigenvalue weighted by atomic mass is 10.3. The highest BCUT2D eigenvalue weighted by molar-refractivity contribution is 9.09. The van der Waals surface area contributed by atoms with E-state index in [-0.39, 0.29) is 9.85 Å². The van der Waals surface area contributed by atoms with Crippen LogP contribution in [0.1, 0.15) is 19.2 Å². The molecule has 1 atom stereocenters. The SMILES string of the molecule is CCC(Br)CNS(=O)(=O)c1cn(C)c(C)n1. The highest BCUT2D eigenvalue weighted by atomic mass is 79.9. The van der Waals surface area contributed by atoms with E-state index in [1.54, 1.807) is 18.5 Å². The Morgan fingerprint density at radius 2 is 2.25 bits per heavy atom. The largest absolute Gasteiger partial charge is 0.337 e. The smallest absolute Gasteiger partial charge is 0.259 e. The Bertz CT molecular complexity index is 436. The summed E-state index contributed by atoms with van der Waals surface area (Å²) in [6, 6.07) is 0. The normalized spacial score (nSPS) is 14.0. The molecule has 5 nitrogen and oxygen atoms in total. The summed E-state index contributed by atoms with van der Waals surface area (Å²) >= 11 is 3.37. The molecule has 0 saturated heterocycles. The van der Waals surface area contributed by atoms with Crippen LogP contribution < -0.4 is 4.72 Å². The van der Waals surface area contributed by atoms with Gasteiger partial charge in [-0.15, -0.1) is 0 Å². The van der Waals surface area contributed by atoms with E-state index in [0.29, 0.717) is 12.4 Å². The molecule has 0 aliphatic rings. The Morgan fingerprint density at radius 3 is 2.69 bits per heavy atom. The Hall–Kier alpha value is -0.400. The Labute approximate surface area is 104 Å². The molecule has 1 rings (SSSR count). The minimum absolute atomic E-state index is 0.0725.